The summed E-state index contributed by atoms with van der Waals surface area (Å²) in [5.41, 5.74) is 8.02. The Morgan fingerprint density at radius 1 is 1.31 bits per heavy atom. The van der Waals surface area contributed by atoms with Crippen molar-refractivity contribution in [1.82, 2.24) is 0 Å². The van der Waals surface area contributed by atoms with Crippen LogP contribution >= 0.6 is 0 Å². The zero-order valence-electron chi connectivity index (χ0n) is 9.97. The van der Waals surface area contributed by atoms with Crippen LogP contribution in [0.15, 0.2) is 24.3 Å². The molecule has 3 N–H and O–H groups in total. The van der Waals surface area contributed by atoms with Crippen molar-refractivity contribution in [3.63, 3.8) is 0 Å². The number of carbonyl (C=O) groups is 1. The van der Waals surface area contributed by atoms with Crippen molar-refractivity contribution in [1.29, 1.82) is 0 Å². The molecule has 0 fully saturated rings. The van der Waals surface area contributed by atoms with Crippen LogP contribution in [0, 0.1) is 18.8 Å². The maximum atomic E-state index is 11.2. The highest BCUT2D eigenvalue weighted by Crippen LogP contribution is 2.28. The zero-order valence-corrected chi connectivity index (χ0v) is 9.97. The first-order valence-electron chi connectivity index (χ1n) is 5.49. The van der Waals surface area contributed by atoms with Gasteiger partial charge in [-0.05, 0) is 24.0 Å². The predicted molar refractivity (Wildman–Crippen MR) is 64.1 cm³/mol. The molecule has 0 bridgehead atoms. The Labute approximate surface area is 96.3 Å². The number of hydrogen-bond donors (Lipinski definition) is 2. The number of benzene rings is 1. The number of aliphatic carboxylic acids is 1. The molecule has 0 saturated carbocycles. The highest BCUT2D eigenvalue weighted by atomic mass is 16.4. The lowest BCUT2D eigenvalue weighted by Gasteiger charge is -2.24. The Balaban J connectivity index is 3.04. The molecule has 0 aliphatic rings. The minimum Gasteiger partial charge on any atom is -0.481 e. The van der Waals surface area contributed by atoms with Gasteiger partial charge in [-0.2, -0.15) is 0 Å². The lowest BCUT2D eigenvalue weighted by Crippen LogP contribution is -2.32. The molecule has 1 aromatic carbocycles. The second-order valence-electron chi connectivity index (χ2n) is 4.49. The number of carboxylic acids is 1. The van der Waals surface area contributed by atoms with Crippen molar-refractivity contribution in [2.75, 3.05) is 0 Å². The van der Waals surface area contributed by atoms with Gasteiger partial charge in [0.05, 0.1) is 5.92 Å². The lowest BCUT2D eigenvalue weighted by atomic mass is 9.84. The number of hydrogen-bond acceptors (Lipinski definition) is 2. The van der Waals surface area contributed by atoms with Gasteiger partial charge in [0.2, 0.25) is 0 Å². The molecule has 0 aliphatic heterocycles. The van der Waals surface area contributed by atoms with Gasteiger partial charge in [0.1, 0.15) is 0 Å². The van der Waals surface area contributed by atoms with E-state index in [0.717, 1.165) is 11.1 Å². The van der Waals surface area contributed by atoms with Gasteiger partial charge in [0, 0.05) is 6.04 Å². The van der Waals surface area contributed by atoms with E-state index in [-0.39, 0.29) is 5.92 Å². The molecule has 0 amide bonds. The van der Waals surface area contributed by atoms with Gasteiger partial charge < -0.3 is 10.8 Å². The average Bonchev–Trinajstić information content (AvgIpc) is 2.16. The van der Waals surface area contributed by atoms with Crippen LogP contribution in [0.4, 0.5) is 0 Å². The maximum absolute atomic E-state index is 11.2. The summed E-state index contributed by atoms with van der Waals surface area (Å²) in [6.07, 6.45) is 0. The van der Waals surface area contributed by atoms with E-state index in [4.69, 9.17) is 5.73 Å². The molecule has 0 spiro atoms. The number of carboxylic acid groups (broad SMARTS) is 1. The van der Waals surface area contributed by atoms with E-state index in [9.17, 15) is 9.90 Å². The lowest BCUT2D eigenvalue weighted by molar-refractivity contribution is -0.144. The summed E-state index contributed by atoms with van der Waals surface area (Å²) in [5, 5.41) is 9.19. The molecule has 16 heavy (non-hydrogen) atoms. The summed E-state index contributed by atoms with van der Waals surface area (Å²) in [6, 6.07) is 7.23. The topological polar surface area (TPSA) is 63.3 Å². The summed E-state index contributed by atoms with van der Waals surface area (Å²) >= 11 is 0. The summed E-state index contributed by atoms with van der Waals surface area (Å²) in [7, 11) is 0. The van der Waals surface area contributed by atoms with E-state index in [1.165, 1.54) is 0 Å². The molecule has 2 unspecified atom stereocenters. The molecule has 88 valence electrons. The molecule has 1 rings (SSSR count). The minimum absolute atomic E-state index is 0.0205. The van der Waals surface area contributed by atoms with Crippen LogP contribution in [0.2, 0.25) is 0 Å². The second-order valence-corrected chi connectivity index (χ2v) is 4.49. The van der Waals surface area contributed by atoms with E-state index >= 15 is 0 Å². The van der Waals surface area contributed by atoms with E-state index in [1.807, 2.05) is 45.0 Å². The van der Waals surface area contributed by atoms with Gasteiger partial charge in [-0.15, -0.1) is 0 Å². The van der Waals surface area contributed by atoms with Gasteiger partial charge in [0.15, 0.2) is 0 Å². The molecular formula is C13H19NO2. The third-order valence-corrected chi connectivity index (χ3v) is 2.94. The average molecular weight is 221 g/mol. The van der Waals surface area contributed by atoms with E-state index < -0.39 is 17.9 Å². The van der Waals surface area contributed by atoms with Crippen LogP contribution in [-0.2, 0) is 4.79 Å². The highest BCUT2D eigenvalue weighted by Gasteiger charge is 2.29. The Morgan fingerprint density at radius 3 is 2.31 bits per heavy atom. The normalized spacial score (nSPS) is 14.8. The van der Waals surface area contributed by atoms with Gasteiger partial charge >= 0.3 is 5.97 Å². The molecule has 3 nitrogen and oxygen atoms in total. The van der Waals surface area contributed by atoms with Crippen molar-refractivity contribution < 1.29 is 9.90 Å². The minimum atomic E-state index is -0.828. The first kappa shape index (κ1) is 12.7. The van der Waals surface area contributed by atoms with Crippen molar-refractivity contribution >= 4 is 5.97 Å². The fourth-order valence-electron chi connectivity index (χ4n) is 2.01. The molecule has 0 saturated heterocycles. The van der Waals surface area contributed by atoms with Crippen LogP contribution in [0.3, 0.4) is 0 Å². The standard InChI is InChI=1S/C13H19NO2/c1-8(2)11(13(15)16)12(14)10-7-5-4-6-9(10)3/h4-8,11-12H,14H2,1-3H3,(H,15,16). The maximum Gasteiger partial charge on any atom is 0.308 e. The SMILES string of the molecule is Cc1ccccc1C(N)C(C(=O)O)C(C)C. The van der Waals surface area contributed by atoms with Crippen molar-refractivity contribution in [2.45, 2.75) is 26.8 Å². The summed E-state index contributed by atoms with van der Waals surface area (Å²) < 4.78 is 0. The number of rotatable bonds is 4. The molecule has 0 heterocycles. The van der Waals surface area contributed by atoms with E-state index in [2.05, 4.69) is 0 Å². The fraction of sp³-hybridized carbons (Fsp3) is 0.462. The highest BCUT2D eigenvalue weighted by molar-refractivity contribution is 5.71. The molecule has 1 aromatic rings. The van der Waals surface area contributed by atoms with Crippen LogP contribution in [-0.4, -0.2) is 11.1 Å². The van der Waals surface area contributed by atoms with Gasteiger partial charge in [-0.3, -0.25) is 4.79 Å². The fourth-order valence-corrected chi connectivity index (χ4v) is 2.01. The summed E-state index contributed by atoms with van der Waals surface area (Å²) in [4.78, 5) is 11.2. The Bertz CT molecular complexity index is 374. The molecular weight excluding hydrogens is 202 g/mol. The van der Waals surface area contributed by atoms with Crippen LogP contribution in [0.5, 0.6) is 0 Å². The summed E-state index contributed by atoms with van der Waals surface area (Å²) in [6.45, 7) is 5.72. The Hall–Kier alpha value is -1.35. The first-order chi connectivity index (χ1) is 7.45. The van der Waals surface area contributed by atoms with Gasteiger partial charge in [-0.1, -0.05) is 38.1 Å². The van der Waals surface area contributed by atoms with Crippen molar-refractivity contribution in [3.8, 4) is 0 Å². The quantitative estimate of drug-likeness (QED) is 0.820. The molecule has 3 heteroatoms. The molecule has 0 radical (unpaired) electrons. The van der Waals surface area contributed by atoms with Crippen molar-refractivity contribution in [2.24, 2.45) is 17.6 Å². The third kappa shape index (κ3) is 2.61. The van der Waals surface area contributed by atoms with Gasteiger partial charge in [-0.25, -0.2) is 0 Å². The third-order valence-electron chi connectivity index (χ3n) is 2.94. The van der Waals surface area contributed by atoms with Gasteiger partial charge in [0.25, 0.3) is 0 Å². The van der Waals surface area contributed by atoms with E-state index in [1.54, 1.807) is 0 Å². The summed E-state index contributed by atoms with van der Waals surface area (Å²) in [5.74, 6) is -1.35. The number of aryl methyl sites for hydroxylation is 1. The first-order valence-corrected chi connectivity index (χ1v) is 5.49. The zero-order chi connectivity index (χ0) is 12.3. The van der Waals surface area contributed by atoms with Crippen LogP contribution < -0.4 is 5.73 Å². The predicted octanol–water partition coefficient (Wildman–Crippen LogP) is 2.35. The van der Waals surface area contributed by atoms with Crippen molar-refractivity contribution in [3.05, 3.63) is 35.4 Å². The smallest absolute Gasteiger partial charge is 0.308 e. The van der Waals surface area contributed by atoms with E-state index in [0.29, 0.717) is 0 Å². The molecule has 2 atom stereocenters. The second kappa shape index (κ2) is 5.12. The Kier molecular flexibility index (Phi) is 4.07. The Morgan fingerprint density at radius 2 is 1.88 bits per heavy atom. The van der Waals surface area contributed by atoms with Crippen LogP contribution in [0.1, 0.15) is 31.0 Å². The largest absolute Gasteiger partial charge is 0.481 e. The monoisotopic (exact) mass is 221 g/mol. The molecule has 0 aromatic heterocycles. The van der Waals surface area contributed by atoms with Crippen LogP contribution in [0.25, 0.3) is 0 Å². The molecule has 0 aliphatic carbocycles. The number of nitrogens with two attached hydrogens (primary N) is 1.